The van der Waals surface area contributed by atoms with E-state index in [2.05, 4.69) is 15.3 Å². The molecule has 0 aliphatic carbocycles. The summed E-state index contributed by atoms with van der Waals surface area (Å²) in [5.74, 6) is 1.25. The summed E-state index contributed by atoms with van der Waals surface area (Å²) < 4.78 is 19.2. The van der Waals surface area contributed by atoms with Gasteiger partial charge in [-0.15, -0.1) is 11.3 Å². The molecule has 2 heterocycles. The molecule has 4 nitrogen and oxygen atoms in total. The van der Waals surface area contributed by atoms with Crippen molar-refractivity contribution < 1.29 is 9.13 Å². The van der Waals surface area contributed by atoms with E-state index in [-0.39, 0.29) is 5.82 Å². The first-order valence-corrected chi connectivity index (χ1v) is 10.7. The highest BCUT2D eigenvalue weighted by atomic mass is 32.1. The molecule has 31 heavy (non-hydrogen) atoms. The van der Waals surface area contributed by atoms with Crippen molar-refractivity contribution in [2.24, 2.45) is 0 Å². The predicted octanol–water partition coefficient (Wildman–Crippen LogP) is 6.82. The Hall–Kier alpha value is -3.77. The summed E-state index contributed by atoms with van der Waals surface area (Å²) in [4.78, 5) is 9.72. The lowest BCUT2D eigenvalue weighted by atomic mass is 10.1. The Morgan fingerprint density at radius 1 is 0.871 bits per heavy atom. The van der Waals surface area contributed by atoms with Crippen molar-refractivity contribution in [1.29, 1.82) is 0 Å². The van der Waals surface area contributed by atoms with Crippen molar-refractivity contribution in [3.8, 4) is 16.9 Å². The third-order valence-corrected chi connectivity index (χ3v) is 5.78. The Kier molecular flexibility index (Phi) is 5.29. The van der Waals surface area contributed by atoms with Gasteiger partial charge in [0.2, 0.25) is 0 Å². The summed E-state index contributed by atoms with van der Waals surface area (Å²) in [7, 11) is 0. The van der Waals surface area contributed by atoms with Gasteiger partial charge in [0.05, 0.1) is 5.39 Å². The first kappa shape index (κ1) is 19.2. The average Bonchev–Trinajstić information content (AvgIpc) is 3.25. The Balaban J connectivity index is 1.38. The Morgan fingerprint density at radius 3 is 2.42 bits per heavy atom. The van der Waals surface area contributed by atoms with Gasteiger partial charge in [0.15, 0.2) is 0 Å². The first-order valence-electron chi connectivity index (χ1n) is 9.78. The standard InChI is InChI=1S/C25H18FN3OS/c26-19-8-6-18(7-9-19)22-15-31-25-23(22)24(27-16-28-25)29-20-10-12-21(13-11-20)30-14-17-4-2-1-3-5-17/h1-13,15-16H,14H2,(H,27,28,29). The summed E-state index contributed by atoms with van der Waals surface area (Å²) >= 11 is 1.54. The van der Waals surface area contributed by atoms with Crippen LogP contribution >= 0.6 is 11.3 Å². The van der Waals surface area contributed by atoms with Gasteiger partial charge < -0.3 is 10.1 Å². The minimum absolute atomic E-state index is 0.257. The van der Waals surface area contributed by atoms with Crippen molar-refractivity contribution in [3.63, 3.8) is 0 Å². The van der Waals surface area contributed by atoms with E-state index in [0.29, 0.717) is 12.4 Å². The molecule has 0 aliphatic heterocycles. The topological polar surface area (TPSA) is 47.0 Å². The van der Waals surface area contributed by atoms with Crippen molar-refractivity contribution in [3.05, 3.63) is 102 Å². The fourth-order valence-electron chi connectivity index (χ4n) is 3.32. The van der Waals surface area contributed by atoms with E-state index in [1.54, 1.807) is 18.5 Å². The van der Waals surface area contributed by atoms with Gasteiger partial charge in [-0.2, -0.15) is 0 Å². The lowest BCUT2D eigenvalue weighted by Crippen LogP contribution is -1.97. The minimum atomic E-state index is -0.257. The number of rotatable bonds is 6. The molecule has 0 atom stereocenters. The van der Waals surface area contributed by atoms with Gasteiger partial charge in [-0.05, 0) is 47.5 Å². The monoisotopic (exact) mass is 427 g/mol. The number of benzene rings is 3. The number of hydrogen-bond acceptors (Lipinski definition) is 5. The lowest BCUT2D eigenvalue weighted by molar-refractivity contribution is 0.306. The third-order valence-electron chi connectivity index (χ3n) is 4.89. The fraction of sp³-hybridized carbons (Fsp3) is 0.0400. The molecular weight excluding hydrogens is 409 g/mol. The van der Waals surface area contributed by atoms with Gasteiger partial charge in [-0.3, -0.25) is 0 Å². The molecular formula is C25H18FN3OS. The van der Waals surface area contributed by atoms with Gasteiger partial charge >= 0.3 is 0 Å². The number of thiophene rings is 1. The molecule has 1 N–H and O–H groups in total. The molecule has 0 aliphatic rings. The first-order chi connectivity index (χ1) is 15.3. The van der Waals surface area contributed by atoms with Crippen molar-refractivity contribution in [2.75, 3.05) is 5.32 Å². The van der Waals surface area contributed by atoms with Crippen LogP contribution in [0.2, 0.25) is 0 Å². The van der Waals surface area contributed by atoms with Gasteiger partial charge in [0, 0.05) is 16.6 Å². The van der Waals surface area contributed by atoms with Gasteiger partial charge in [0.1, 0.15) is 35.1 Å². The van der Waals surface area contributed by atoms with E-state index >= 15 is 0 Å². The van der Waals surface area contributed by atoms with E-state index in [0.717, 1.165) is 38.3 Å². The average molecular weight is 428 g/mol. The normalized spacial score (nSPS) is 10.9. The van der Waals surface area contributed by atoms with Crippen molar-refractivity contribution >= 4 is 33.1 Å². The van der Waals surface area contributed by atoms with E-state index in [1.165, 1.54) is 23.5 Å². The molecule has 5 aromatic rings. The Labute approximate surface area is 183 Å². The molecule has 3 aromatic carbocycles. The van der Waals surface area contributed by atoms with Crippen LogP contribution in [0.15, 0.2) is 90.6 Å². The summed E-state index contributed by atoms with van der Waals surface area (Å²) in [6.45, 7) is 0.524. The number of ether oxygens (including phenoxy) is 1. The highest BCUT2D eigenvalue weighted by molar-refractivity contribution is 7.17. The molecule has 0 fully saturated rings. The van der Waals surface area contributed by atoms with Gasteiger partial charge in [-0.1, -0.05) is 42.5 Å². The molecule has 5 rings (SSSR count). The predicted molar refractivity (Wildman–Crippen MR) is 123 cm³/mol. The molecule has 0 saturated heterocycles. The fourth-order valence-corrected chi connectivity index (χ4v) is 4.24. The molecule has 0 saturated carbocycles. The molecule has 0 spiro atoms. The maximum Gasteiger partial charge on any atom is 0.143 e. The van der Waals surface area contributed by atoms with Crippen molar-refractivity contribution in [1.82, 2.24) is 9.97 Å². The van der Waals surface area contributed by atoms with Crippen LogP contribution in [0.1, 0.15) is 5.56 Å². The zero-order chi connectivity index (χ0) is 21.0. The van der Waals surface area contributed by atoms with Crippen LogP contribution in [0.25, 0.3) is 21.3 Å². The molecule has 0 amide bonds. The number of anilines is 2. The zero-order valence-electron chi connectivity index (χ0n) is 16.5. The molecule has 6 heteroatoms. The third kappa shape index (κ3) is 4.25. The van der Waals surface area contributed by atoms with Crippen LogP contribution in [0.5, 0.6) is 5.75 Å². The molecule has 2 aromatic heterocycles. The number of halogens is 1. The molecule has 0 bridgehead atoms. The smallest absolute Gasteiger partial charge is 0.143 e. The summed E-state index contributed by atoms with van der Waals surface area (Å²) in [6, 6.07) is 24.3. The maximum atomic E-state index is 13.3. The van der Waals surface area contributed by atoms with E-state index < -0.39 is 0 Å². The van der Waals surface area contributed by atoms with Crippen LogP contribution in [-0.4, -0.2) is 9.97 Å². The second kappa shape index (κ2) is 8.53. The van der Waals surface area contributed by atoms with E-state index in [4.69, 9.17) is 4.74 Å². The van der Waals surface area contributed by atoms with Crippen molar-refractivity contribution in [2.45, 2.75) is 6.61 Å². The summed E-state index contributed by atoms with van der Waals surface area (Å²) in [6.07, 6.45) is 1.55. The highest BCUT2D eigenvalue weighted by Gasteiger charge is 2.13. The largest absolute Gasteiger partial charge is 0.489 e. The number of nitrogens with one attached hydrogen (secondary N) is 1. The van der Waals surface area contributed by atoms with E-state index in [9.17, 15) is 4.39 Å². The van der Waals surface area contributed by atoms with Crippen LogP contribution in [0, 0.1) is 5.82 Å². The Morgan fingerprint density at radius 2 is 1.65 bits per heavy atom. The van der Waals surface area contributed by atoms with Crippen LogP contribution in [0.3, 0.4) is 0 Å². The zero-order valence-corrected chi connectivity index (χ0v) is 17.3. The number of aromatic nitrogens is 2. The molecule has 0 unspecified atom stereocenters. The van der Waals surface area contributed by atoms with Gasteiger partial charge in [-0.25, -0.2) is 14.4 Å². The second-order valence-electron chi connectivity index (χ2n) is 6.98. The SMILES string of the molecule is Fc1ccc(-c2csc3ncnc(Nc4ccc(OCc5ccccc5)cc4)c23)cc1. The lowest BCUT2D eigenvalue weighted by Gasteiger charge is -2.10. The summed E-state index contributed by atoms with van der Waals surface area (Å²) in [5, 5.41) is 6.33. The van der Waals surface area contributed by atoms with Crippen LogP contribution in [-0.2, 0) is 6.61 Å². The summed E-state index contributed by atoms with van der Waals surface area (Å²) in [5.41, 5.74) is 3.92. The van der Waals surface area contributed by atoms with Gasteiger partial charge in [0.25, 0.3) is 0 Å². The quantitative estimate of drug-likeness (QED) is 0.323. The number of hydrogen-bond donors (Lipinski definition) is 1. The van der Waals surface area contributed by atoms with E-state index in [1.807, 2.05) is 60.0 Å². The minimum Gasteiger partial charge on any atom is -0.489 e. The highest BCUT2D eigenvalue weighted by Crippen LogP contribution is 2.37. The van der Waals surface area contributed by atoms with Crippen LogP contribution < -0.4 is 10.1 Å². The van der Waals surface area contributed by atoms with Crippen LogP contribution in [0.4, 0.5) is 15.9 Å². The number of fused-ring (bicyclic) bond motifs is 1. The Bertz CT molecular complexity index is 1300. The number of nitrogens with zero attached hydrogens (tertiary/aromatic N) is 2. The maximum absolute atomic E-state index is 13.3. The second-order valence-corrected chi connectivity index (χ2v) is 7.84. The molecule has 0 radical (unpaired) electrons. The molecule has 152 valence electrons.